The Morgan fingerprint density at radius 1 is 0.724 bits per heavy atom. The molecule has 3 rings (SSSR count). The fourth-order valence-electron chi connectivity index (χ4n) is 5.26. The Kier molecular flexibility index (Phi) is 8.40. The molecule has 1 aliphatic rings. The Labute approximate surface area is 180 Å². The summed E-state index contributed by atoms with van der Waals surface area (Å²) in [6, 6.07) is 14.0. The molecule has 0 nitrogen and oxygen atoms in total. The van der Waals surface area contributed by atoms with Crippen molar-refractivity contribution in [3.63, 3.8) is 0 Å². The van der Waals surface area contributed by atoms with Gasteiger partial charge in [-0.2, -0.15) is 0 Å². The Morgan fingerprint density at radius 3 is 2.03 bits per heavy atom. The standard InChI is InChI=1S/C29H42/c1-5-9-13-22(7-3)19-25-17-18-27-26-16-12-11-15-24(26)21-29(27)28(25)20-23(8-4)14-10-6-2/h11-12,15-18,22-23H,5-10,13-14,19-21H2,1-4H3. The van der Waals surface area contributed by atoms with Gasteiger partial charge in [-0.15, -0.1) is 0 Å². The molecule has 29 heavy (non-hydrogen) atoms. The highest BCUT2D eigenvalue weighted by Crippen LogP contribution is 2.41. The first kappa shape index (κ1) is 22.1. The molecule has 0 spiro atoms. The third kappa shape index (κ3) is 5.33. The predicted octanol–water partition coefficient (Wildman–Crippen LogP) is 8.78. The number of hydrogen-bond donors (Lipinski definition) is 0. The van der Waals surface area contributed by atoms with Gasteiger partial charge in [0.1, 0.15) is 0 Å². The molecule has 0 bridgehead atoms. The van der Waals surface area contributed by atoms with E-state index in [0.717, 1.165) is 18.3 Å². The van der Waals surface area contributed by atoms with Gasteiger partial charge in [-0.05, 0) is 64.5 Å². The van der Waals surface area contributed by atoms with Crippen molar-refractivity contribution < 1.29 is 0 Å². The van der Waals surface area contributed by atoms with Crippen LogP contribution < -0.4 is 0 Å². The van der Waals surface area contributed by atoms with E-state index in [1.807, 2.05) is 0 Å². The average molecular weight is 391 g/mol. The lowest BCUT2D eigenvalue weighted by Crippen LogP contribution is -2.12. The maximum absolute atomic E-state index is 2.50. The molecule has 1 aliphatic carbocycles. The number of benzene rings is 2. The highest BCUT2D eigenvalue weighted by atomic mass is 14.3. The van der Waals surface area contributed by atoms with Crippen LogP contribution in [0.25, 0.3) is 11.1 Å². The van der Waals surface area contributed by atoms with Gasteiger partial charge in [-0.1, -0.05) is 115 Å². The minimum atomic E-state index is 0.833. The molecular weight excluding hydrogens is 348 g/mol. The van der Waals surface area contributed by atoms with Crippen molar-refractivity contribution in [1.29, 1.82) is 0 Å². The van der Waals surface area contributed by atoms with Crippen molar-refractivity contribution in [1.82, 2.24) is 0 Å². The zero-order valence-corrected chi connectivity index (χ0v) is 19.4. The molecule has 0 aromatic heterocycles. The molecule has 2 aromatic rings. The normalized spacial score (nSPS) is 14.5. The third-order valence-corrected chi connectivity index (χ3v) is 7.29. The predicted molar refractivity (Wildman–Crippen MR) is 129 cm³/mol. The molecule has 2 atom stereocenters. The summed E-state index contributed by atoms with van der Waals surface area (Å²) in [5.41, 5.74) is 9.57. The van der Waals surface area contributed by atoms with Crippen LogP contribution in [0.5, 0.6) is 0 Å². The van der Waals surface area contributed by atoms with Gasteiger partial charge >= 0.3 is 0 Å². The number of fused-ring (bicyclic) bond motifs is 3. The maximum Gasteiger partial charge on any atom is -0.00106 e. The van der Waals surface area contributed by atoms with E-state index < -0.39 is 0 Å². The molecule has 0 saturated heterocycles. The summed E-state index contributed by atoms with van der Waals surface area (Å²) in [6.45, 7) is 9.44. The van der Waals surface area contributed by atoms with E-state index in [9.17, 15) is 0 Å². The average Bonchev–Trinajstić information content (AvgIpc) is 3.13. The highest BCUT2D eigenvalue weighted by molar-refractivity contribution is 5.78. The Bertz CT molecular complexity index is 770. The molecule has 0 amide bonds. The van der Waals surface area contributed by atoms with Crippen molar-refractivity contribution in [2.24, 2.45) is 11.8 Å². The van der Waals surface area contributed by atoms with Crippen LogP contribution in [0.4, 0.5) is 0 Å². The maximum atomic E-state index is 2.50. The van der Waals surface area contributed by atoms with Crippen molar-refractivity contribution in [3.05, 3.63) is 58.7 Å². The SMILES string of the molecule is CCCCC(CC)Cc1ccc2c(c1CC(CC)CCCC)Cc1ccccc1-2. The molecule has 0 radical (unpaired) electrons. The summed E-state index contributed by atoms with van der Waals surface area (Å²) < 4.78 is 0. The van der Waals surface area contributed by atoms with Crippen molar-refractivity contribution in [2.75, 3.05) is 0 Å². The van der Waals surface area contributed by atoms with E-state index in [0.29, 0.717) is 0 Å². The summed E-state index contributed by atoms with van der Waals surface area (Å²) in [5, 5.41) is 0. The first-order valence-electron chi connectivity index (χ1n) is 12.4. The topological polar surface area (TPSA) is 0 Å². The van der Waals surface area contributed by atoms with Gasteiger partial charge in [0.15, 0.2) is 0 Å². The van der Waals surface area contributed by atoms with Crippen LogP contribution in [-0.2, 0) is 19.3 Å². The molecule has 2 aromatic carbocycles. The molecule has 2 unspecified atom stereocenters. The largest absolute Gasteiger partial charge is 0.0654 e. The van der Waals surface area contributed by atoms with Gasteiger partial charge in [0.05, 0.1) is 0 Å². The Balaban J connectivity index is 1.94. The van der Waals surface area contributed by atoms with Gasteiger partial charge in [0.2, 0.25) is 0 Å². The summed E-state index contributed by atoms with van der Waals surface area (Å²) in [6.07, 6.45) is 14.5. The second-order valence-corrected chi connectivity index (χ2v) is 9.30. The monoisotopic (exact) mass is 390 g/mol. The van der Waals surface area contributed by atoms with Crippen LogP contribution in [0, 0.1) is 11.8 Å². The minimum Gasteiger partial charge on any atom is -0.0654 e. The van der Waals surface area contributed by atoms with E-state index in [2.05, 4.69) is 64.1 Å². The molecule has 158 valence electrons. The van der Waals surface area contributed by atoms with Crippen molar-refractivity contribution in [3.8, 4) is 11.1 Å². The molecule has 0 heterocycles. The van der Waals surface area contributed by atoms with Crippen molar-refractivity contribution >= 4 is 0 Å². The van der Waals surface area contributed by atoms with Gasteiger partial charge in [0, 0.05) is 0 Å². The summed E-state index contributed by atoms with van der Waals surface area (Å²) in [7, 11) is 0. The lowest BCUT2D eigenvalue weighted by molar-refractivity contribution is 0.433. The lowest BCUT2D eigenvalue weighted by Gasteiger charge is -2.23. The zero-order valence-electron chi connectivity index (χ0n) is 19.4. The van der Waals surface area contributed by atoms with E-state index in [1.165, 1.54) is 80.9 Å². The third-order valence-electron chi connectivity index (χ3n) is 7.29. The Hall–Kier alpha value is -1.56. The fraction of sp³-hybridized carbons (Fsp3) is 0.586. The Morgan fingerprint density at radius 2 is 1.38 bits per heavy atom. The second-order valence-electron chi connectivity index (χ2n) is 9.30. The van der Waals surface area contributed by atoms with Crippen LogP contribution in [0.1, 0.15) is 101 Å². The quantitative estimate of drug-likeness (QED) is 0.290. The van der Waals surface area contributed by atoms with E-state index >= 15 is 0 Å². The summed E-state index contributed by atoms with van der Waals surface area (Å²) in [5.74, 6) is 1.67. The molecular formula is C29H42. The summed E-state index contributed by atoms with van der Waals surface area (Å²) in [4.78, 5) is 0. The number of hydrogen-bond acceptors (Lipinski definition) is 0. The smallest absolute Gasteiger partial charge is 0.00106 e. The van der Waals surface area contributed by atoms with Gasteiger partial charge in [0.25, 0.3) is 0 Å². The fourth-order valence-corrected chi connectivity index (χ4v) is 5.26. The van der Waals surface area contributed by atoms with Crippen LogP contribution in [0.3, 0.4) is 0 Å². The van der Waals surface area contributed by atoms with Crippen LogP contribution >= 0.6 is 0 Å². The van der Waals surface area contributed by atoms with Crippen LogP contribution in [-0.4, -0.2) is 0 Å². The highest BCUT2D eigenvalue weighted by Gasteiger charge is 2.24. The number of unbranched alkanes of at least 4 members (excludes halogenated alkanes) is 2. The first-order chi connectivity index (χ1) is 14.2. The minimum absolute atomic E-state index is 0.833. The van der Waals surface area contributed by atoms with Crippen molar-refractivity contribution in [2.45, 2.75) is 98.3 Å². The molecule has 0 fully saturated rings. The lowest BCUT2D eigenvalue weighted by atomic mass is 9.82. The van der Waals surface area contributed by atoms with Gasteiger partial charge in [-0.3, -0.25) is 0 Å². The second kappa shape index (κ2) is 11.0. The van der Waals surface area contributed by atoms with Crippen LogP contribution in [0.15, 0.2) is 36.4 Å². The van der Waals surface area contributed by atoms with E-state index in [4.69, 9.17) is 0 Å². The van der Waals surface area contributed by atoms with Gasteiger partial charge < -0.3 is 0 Å². The first-order valence-corrected chi connectivity index (χ1v) is 12.4. The van der Waals surface area contributed by atoms with E-state index in [-0.39, 0.29) is 0 Å². The molecule has 0 saturated carbocycles. The summed E-state index contributed by atoms with van der Waals surface area (Å²) >= 11 is 0. The number of rotatable bonds is 12. The van der Waals surface area contributed by atoms with Crippen LogP contribution in [0.2, 0.25) is 0 Å². The van der Waals surface area contributed by atoms with E-state index in [1.54, 1.807) is 16.7 Å². The molecule has 0 aliphatic heterocycles. The molecule has 0 N–H and O–H groups in total. The van der Waals surface area contributed by atoms with Gasteiger partial charge in [-0.25, -0.2) is 0 Å². The zero-order chi connectivity index (χ0) is 20.6. The molecule has 0 heteroatoms.